The molecule has 154 valence electrons. The summed E-state index contributed by atoms with van der Waals surface area (Å²) in [7, 11) is 0. The molecule has 1 aromatic carbocycles. The predicted molar refractivity (Wildman–Crippen MR) is 103 cm³/mol. The van der Waals surface area contributed by atoms with Crippen molar-refractivity contribution in [2.45, 2.75) is 44.8 Å². The van der Waals surface area contributed by atoms with E-state index < -0.39 is 23.8 Å². The van der Waals surface area contributed by atoms with Crippen LogP contribution in [0.15, 0.2) is 35.5 Å². The van der Waals surface area contributed by atoms with Crippen molar-refractivity contribution in [1.29, 1.82) is 0 Å². The zero-order valence-corrected chi connectivity index (χ0v) is 15.9. The Hall–Kier alpha value is -2.45. The van der Waals surface area contributed by atoms with Crippen molar-refractivity contribution in [3.8, 4) is 0 Å². The van der Waals surface area contributed by atoms with Crippen LogP contribution in [0.25, 0.3) is 5.70 Å². The lowest BCUT2D eigenvalue weighted by Gasteiger charge is -2.28. The number of nitrogens with two attached hydrogens (primary N) is 2. The lowest BCUT2D eigenvalue weighted by molar-refractivity contribution is -0.136. The van der Waals surface area contributed by atoms with Gasteiger partial charge in [-0.1, -0.05) is 13.0 Å². The Morgan fingerprint density at radius 2 is 2.11 bits per heavy atom. The van der Waals surface area contributed by atoms with Crippen molar-refractivity contribution < 1.29 is 23.4 Å². The number of halogens is 2. The minimum atomic E-state index is -0.747. The molecule has 0 bridgehead atoms. The first-order valence-corrected chi connectivity index (χ1v) is 9.33. The Kier molecular flexibility index (Phi) is 7.95. The van der Waals surface area contributed by atoms with Gasteiger partial charge in [0.1, 0.15) is 17.7 Å². The van der Waals surface area contributed by atoms with Gasteiger partial charge in [0.25, 0.3) is 0 Å². The van der Waals surface area contributed by atoms with Gasteiger partial charge in [-0.2, -0.15) is 0 Å². The molecule has 0 fully saturated rings. The van der Waals surface area contributed by atoms with E-state index in [0.29, 0.717) is 30.5 Å². The normalized spacial score (nSPS) is 18.9. The Labute approximate surface area is 163 Å². The van der Waals surface area contributed by atoms with Crippen LogP contribution in [0.2, 0.25) is 0 Å². The molecule has 1 aromatic rings. The molecular weight excluding hydrogens is 368 g/mol. The summed E-state index contributed by atoms with van der Waals surface area (Å²) in [6.07, 6.45) is 2.66. The van der Waals surface area contributed by atoms with E-state index >= 15 is 0 Å². The number of allylic oxidation sites excluding steroid dienone is 2. The molecule has 0 saturated carbocycles. The zero-order valence-electron chi connectivity index (χ0n) is 15.9. The number of benzene rings is 1. The molecule has 0 aliphatic heterocycles. The third kappa shape index (κ3) is 5.30. The first kappa shape index (κ1) is 21.8. The predicted octanol–water partition coefficient (Wildman–Crippen LogP) is 1.93. The number of ether oxygens (including phenoxy) is 1. The number of rotatable bonds is 8. The van der Waals surface area contributed by atoms with Crippen molar-refractivity contribution in [3.05, 3.63) is 52.7 Å². The molecule has 8 heteroatoms. The molecule has 1 aliphatic carbocycles. The van der Waals surface area contributed by atoms with E-state index in [1.165, 1.54) is 12.1 Å². The van der Waals surface area contributed by atoms with Gasteiger partial charge >= 0.3 is 0 Å². The largest absolute Gasteiger partial charge is 0.400 e. The minimum Gasteiger partial charge on any atom is -0.400 e. The number of nitrogens with one attached hydrogen (secondary N) is 1. The molecule has 1 amide bonds. The number of carbonyl (C=O) groups excluding carboxylic acids is 1. The average Bonchev–Trinajstić information content (AvgIpc) is 2.66. The Bertz CT molecular complexity index is 745. The standard InChI is InChI=1S/C20H27F2N3O3/c1-2-16(20(27)25-9-10-26)28-17-8-3-5-12(19(17)24)11-15(23)18-13(21)6-4-7-14(18)22/h4,6-7,11,16-17,26H,2-3,5,8-10,23-24H2,1H3,(H,25,27)/b15-11-/t16-,17?/m0/s1. The van der Waals surface area contributed by atoms with Crippen LogP contribution in [0, 0.1) is 11.6 Å². The highest BCUT2D eigenvalue weighted by atomic mass is 19.1. The number of hydrogen-bond donors (Lipinski definition) is 4. The second-order valence-electron chi connectivity index (χ2n) is 6.61. The van der Waals surface area contributed by atoms with E-state index in [-0.39, 0.29) is 30.3 Å². The Balaban J connectivity index is 2.22. The molecule has 2 rings (SSSR count). The van der Waals surface area contributed by atoms with Crippen LogP contribution in [0.4, 0.5) is 8.78 Å². The lowest BCUT2D eigenvalue weighted by atomic mass is 9.92. The fourth-order valence-electron chi connectivity index (χ4n) is 3.15. The molecule has 2 atom stereocenters. The summed E-state index contributed by atoms with van der Waals surface area (Å²) in [6, 6.07) is 3.55. The van der Waals surface area contributed by atoms with Crippen LogP contribution in [-0.4, -0.2) is 36.4 Å². The molecule has 0 aromatic heterocycles. The molecule has 1 aliphatic rings. The van der Waals surface area contributed by atoms with E-state index in [1.807, 2.05) is 6.92 Å². The summed E-state index contributed by atoms with van der Waals surface area (Å²) in [6.45, 7) is 1.80. The number of hydrogen-bond acceptors (Lipinski definition) is 5. The average molecular weight is 395 g/mol. The summed E-state index contributed by atoms with van der Waals surface area (Å²) >= 11 is 0. The Morgan fingerprint density at radius 1 is 1.43 bits per heavy atom. The van der Waals surface area contributed by atoms with Crippen molar-refractivity contribution >= 4 is 11.6 Å². The maximum absolute atomic E-state index is 13.9. The van der Waals surface area contributed by atoms with Crippen molar-refractivity contribution in [3.63, 3.8) is 0 Å². The van der Waals surface area contributed by atoms with Gasteiger partial charge < -0.3 is 26.6 Å². The van der Waals surface area contributed by atoms with Gasteiger partial charge in [0.2, 0.25) is 5.91 Å². The first-order valence-electron chi connectivity index (χ1n) is 9.33. The highest BCUT2D eigenvalue weighted by molar-refractivity contribution is 5.80. The molecule has 0 radical (unpaired) electrons. The number of carbonyl (C=O) groups is 1. The summed E-state index contributed by atoms with van der Waals surface area (Å²) in [5.41, 5.74) is 12.9. The molecule has 28 heavy (non-hydrogen) atoms. The molecule has 0 heterocycles. The maximum Gasteiger partial charge on any atom is 0.249 e. The zero-order chi connectivity index (χ0) is 20.7. The van der Waals surface area contributed by atoms with Crippen molar-refractivity contribution in [2.24, 2.45) is 11.5 Å². The van der Waals surface area contributed by atoms with Crippen molar-refractivity contribution in [1.82, 2.24) is 5.32 Å². The molecule has 6 N–H and O–H groups in total. The SMILES string of the molecule is CC[C@H](OC1CCCC(/C=C(\N)c2c(F)cccc2F)=C1N)C(=O)NCCO. The molecule has 6 nitrogen and oxygen atoms in total. The fourth-order valence-corrected chi connectivity index (χ4v) is 3.15. The van der Waals surface area contributed by atoms with Crippen LogP contribution in [0.5, 0.6) is 0 Å². The topological polar surface area (TPSA) is 111 Å². The fraction of sp³-hybridized carbons (Fsp3) is 0.450. The first-order chi connectivity index (χ1) is 13.4. The second-order valence-corrected chi connectivity index (χ2v) is 6.61. The summed E-state index contributed by atoms with van der Waals surface area (Å²) in [5.74, 6) is -1.81. The number of aliphatic hydroxyl groups excluding tert-OH is 1. The lowest BCUT2D eigenvalue weighted by Crippen LogP contribution is -2.41. The summed E-state index contributed by atoms with van der Waals surface area (Å²) in [4.78, 5) is 12.1. The summed E-state index contributed by atoms with van der Waals surface area (Å²) in [5, 5.41) is 11.4. The maximum atomic E-state index is 13.9. The third-order valence-corrected chi connectivity index (χ3v) is 4.61. The van der Waals surface area contributed by atoms with Gasteiger partial charge in [0.15, 0.2) is 0 Å². The van der Waals surface area contributed by atoms with Gasteiger partial charge in [-0.05, 0) is 49.5 Å². The van der Waals surface area contributed by atoms with Gasteiger partial charge in [-0.15, -0.1) is 0 Å². The van der Waals surface area contributed by atoms with Gasteiger partial charge in [0, 0.05) is 17.9 Å². The Morgan fingerprint density at radius 3 is 2.71 bits per heavy atom. The van der Waals surface area contributed by atoms with Crippen LogP contribution >= 0.6 is 0 Å². The van der Waals surface area contributed by atoms with Gasteiger partial charge in [-0.25, -0.2) is 8.78 Å². The van der Waals surface area contributed by atoms with Crippen LogP contribution in [0.1, 0.15) is 38.2 Å². The monoisotopic (exact) mass is 395 g/mol. The van der Waals surface area contributed by atoms with E-state index in [2.05, 4.69) is 5.32 Å². The molecule has 1 unspecified atom stereocenters. The smallest absolute Gasteiger partial charge is 0.249 e. The summed E-state index contributed by atoms with van der Waals surface area (Å²) < 4.78 is 33.8. The molecule has 0 saturated heterocycles. The van der Waals surface area contributed by atoms with Gasteiger partial charge in [0.05, 0.1) is 18.3 Å². The van der Waals surface area contributed by atoms with Crippen LogP contribution in [-0.2, 0) is 9.53 Å². The molecular formula is C20H27F2N3O3. The molecule has 0 spiro atoms. The van der Waals surface area contributed by atoms with Gasteiger partial charge in [-0.3, -0.25) is 4.79 Å². The minimum absolute atomic E-state index is 0.0538. The number of amides is 1. The quantitative estimate of drug-likeness (QED) is 0.538. The highest BCUT2D eigenvalue weighted by Crippen LogP contribution is 2.29. The highest BCUT2D eigenvalue weighted by Gasteiger charge is 2.27. The van der Waals surface area contributed by atoms with E-state index in [1.54, 1.807) is 0 Å². The second kappa shape index (κ2) is 10.2. The van der Waals surface area contributed by atoms with Crippen LogP contribution in [0.3, 0.4) is 0 Å². The third-order valence-electron chi connectivity index (χ3n) is 4.61. The van der Waals surface area contributed by atoms with Crippen LogP contribution < -0.4 is 16.8 Å². The van der Waals surface area contributed by atoms with E-state index in [4.69, 9.17) is 21.3 Å². The van der Waals surface area contributed by atoms with E-state index in [9.17, 15) is 13.6 Å². The number of aliphatic hydroxyl groups is 1. The van der Waals surface area contributed by atoms with Crippen molar-refractivity contribution in [2.75, 3.05) is 13.2 Å². The van der Waals surface area contributed by atoms with E-state index in [0.717, 1.165) is 18.6 Å².